The molecule has 1 unspecified atom stereocenters. The van der Waals surface area contributed by atoms with E-state index in [-0.39, 0.29) is 6.04 Å². The van der Waals surface area contributed by atoms with E-state index in [0.717, 1.165) is 32.0 Å². The van der Waals surface area contributed by atoms with Gasteiger partial charge in [0.1, 0.15) is 12.2 Å². The summed E-state index contributed by atoms with van der Waals surface area (Å²) >= 11 is 0. The van der Waals surface area contributed by atoms with Gasteiger partial charge in [-0.25, -0.2) is 0 Å². The van der Waals surface area contributed by atoms with Crippen LogP contribution in [0.3, 0.4) is 0 Å². The number of nitriles is 1. The summed E-state index contributed by atoms with van der Waals surface area (Å²) < 4.78 is 2.06. The second-order valence-corrected chi connectivity index (χ2v) is 3.74. The number of hydrogen-bond donors (Lipinski definition) is 1. The lowest BCUT2D eigenvalue weighted by Gasteiger charge is -2.26. The molecular weight excluding hydrogens is 192 g/mol. The summed E-state index contributed by atoms with van der Waals surface area (Å²) in [4.78, 5) is 2.25. The number of fused-ring (bicyclic) bond motifs is 1. The van der Waals surface area contributed by atoms with Crippen LogP contribution in [0.1, 0.15) is 12.2 Å². The average molecular weight is 206 g/mol. The summed E-state index contributed by atoms with van der Waals surface area (Å²) in [5.74, 6) is 0.992. The fourth-order valence-corrected chi connectivity index (χ4v) is 1.69. The number of rotatable bonds is 3. The monoisotopic (exact) mass is 206 g/mol. The molecule has 6 nitrogen and oxygen atoms in total. The van der Waals surface area contributed by atoms with Crippen LogP contribution in [0.5, 0.6) is 0 Å². The van der Waals surface area contributed by atoms with Crippen LogP contribution in [0.4, 0.5) is 0 Å². The van der Waals surface area contributed by atoms with Crippen LogP contribution in [0.15, 0.2) is 6.33 Å². The maximum Gasteiger partial charge on any atom is 0.147 e. The molecule has 0 radical (unpaired) electrons. The van der Waals surface area contributed by atoms with E-state index in [0.29, 0.717) is 6.42 Å². The van der Waals surface area contributed by atoms with E-state index in [1.165, 1.54) is 0 Å². The minimum Gasteiger partial charge on any atom is -0.316 e. The highest BCUT2D eigenvalue weighted by Crippen LogP contribution is 2.09. The van der Waals surface area contributed by atoms with Crippen LogP contribution < -0.4 is 5.73 Å². The Hall–Kier alpha value is -1.45. The maximum atomic E-state index is 8.57. The lowest BCUT2D eigenvalue weighted by molar-refractivity contribution is 0.213. The van der Waals surface area contributed by atoms with Gasteiger partial charge in [-0.3, -0.25) is 4.90 Å². The highest BCUT2D eigenvalue weighted by Gasteiger charge is 2.17. The van der Waals surface area contributed by atoms with Crippen molar-refractivity contribution in [3.8, 4) is 6.07 Å². The molecule has 2 rings (SSSR count). The largest absolute Gasteiger partial charge is 0.316 e. The zero-order valence-electron chi connectivity index (χ0n) is 8.50. The van der Waals surface area contributed by atoms with E-state index >= 15 is 0 Å². The Morgan fingerprint density at radius 1 is 1.60 bits per heavy atom. The van der Waals surface area contributed by atoms with E-state index < -0.39 is 0 Å². The molecule has 1 atom stereocenters. The average Bonchev–Trinajstić information content (AvgIpc) is 2.72. The normalized spacial score (nSPS) is 18.1. The minimum absolute atomic E-state index is 0.357. The molecule has 0 aliphatic carbocycles. The van der Waals surface area contributed by atoms with Crippen LogP contribution in [0, 0.1) is 11.3 Å². The molecule has 0 bridgehead atoms. The van der Waals surface area contributed by atoms with E-state index in [1.807, 2.05) is 6.07 Å². The van der Waals surface area contributed by atoms with Crippen molar-refractivity contribution in [1.29, 1.82) is 5.26 Å². The lowest BCUT2D eigenvalue weighted by atomic mass is 10.2. The van der Waals surface area contributed by atoms with Gasteiger partial charge in [-0.2, -0.15) is 5.26 Å². The Morgan fingerprint density at radius 2 is 2.47 bits per heavy atom. The predicted molar refractivity (Wildman–Crippen MR) is 53.5 cm³/mol. The van der Waals surface area contributed by atoms with Crippen molar-refractivity contribution in [2.24, 2.45) is 5.73 Å². The Kier molecular flexibility index (Phi) is 2.94. The van der Waals surface area contributed by atoms with Gasteiger partial charge in [0.25, 0.3) is 0 Å². The molecule has 6 heteroatoms. The predicted octanol–water partition coefficient (Wildman–Crippen LogP) is -0.665. The van der Waals surface area contributed by atoms with Crippen molar-refractivity contribution < 1.29 is 0 Å². The molecule has 2 N–H and O–H groups in total. The van der Waals surface area contributed by atoms with Crippen LogP contribution in [0.2, 0.25) is 0 Å². The van der Waals surface area contributed by atoms with Gasteiger partial charge in [0.2, 0.25) is 0 Å². The lowest BCUT2D eigenvalue weighted by Crippen LogP contribution is -2.36. The van der Waals surface area contributed by atoms with Gasteiger partial charge in [0.15, 0.2) is 0 Å². The second kappa shape index (κ2) is 4.38. The molecule has 80 valence electrons. The molecule has 1 aromatic heterocycles. The first kappa shape index (κ1) is 10.1. The summed E-state index contributed by atoms with van der Waals surface area (Å²) in [7, 11) is 0. The summed E-state index contributed by atoms with van der Waals surface area (Å²) in [6.45, 7) is 3.55. The third-order valence-corrected chi connectivity index (χ3v) is 2.64. The topological polar surface area (TPSA) is 83.8 Å². The van der Waals surface area contributed by atoms with Crippen LogP contribution in [-0.4, -0.2) is 38.8 Å². The number of hydrogen-bond acceptors (Lipinski definition) is 5. The van der Waals surface area contributed by atoms with E-state index in [9.17, 15) is 0 Å². The molecule has 0 spiro atoms. The summed E-state index contributed by atoms with van der Waals surface area (Å²) in [5, 5.41) is 16.5. The Labute approximate surface area is 88.3 Å². The van der Waals surface area contributed by atoms with Crippen LogP contribution in [0.25, 0.3) is 0 Å². The van der Waals surface area contributed by atoms with Crippen molar-refractivity contribution in [3.05, 3.63) is 12.2 Å². The summed E-state index contributed by atoms with van der Waals surface area (Å²) in [6, 6.07) is 1.68. The smallest absolute Gasteiger partial charge is 0.147 e. The fourth-order valence-electron chi connectivity index (χ4n) is 1.69. The van der Waals surface area contributed by atoms with Crippen molar-refractivity contribution in [3.63, 3.8) is 0 Å². The first-order valence-corrected chi connectivity index (χ1v) is 5.04. The zero-order chi connectivity index (χ0) is 10.7. The first-order chi connectivity index (χ1) is 7.29. The van der Waals surface area contributed by atoms with Gasteiger partial charge < -0.3 is 10.3 Å². The summed E-state index contributed by atoms with van der Waals surface area (Å²) in [5.41, 5.74) is 5.54. The molecule has 2 heterocycles. The van der Waals surface area contributed by atoms with Gasteiger partial charge in [0, 0.05) is 19.6 Å². The van der Waals surface area contributed by atoms with Crippen molar-refractivity contribution in [1.82, 2.24) is 19.7 Å². The Morgan fingerprint density at radius 3 is 3.27 bits per heavy atom. The van der Waals surface area contributed by atoms with Crippen molar-refractivity contribution in [2.45, 2.75) is 25.6 Å². The zero-order valence-corrected chi connectivity index (χ0v) is 8.50. The van der Waals surface area contributed by atoms with Gasteiger partial charge in [-0.15, -0.1) is 10.2 Å². The Balaban J connectivity index is 1.86. The van der Waals surface area contributed by atoms with Crippen molar-refractivity contribution >= 4 is 0 Å². The van der Waals surface area contributed by atoms with E-state index in [1.54, 1.807) is 6.33 Å². The van der Waals surface area contributed by atoms with Gasteiger partial charge in [-0.1, -0.05) is 0 Å². The molecule has 0 saturated carbocycles. The summed E-state index contributed by atoms with van der Waals surface area (Å²) in [6.07, 6.45) is 2.47. The van der Waals surface area contributed by atoms with Gasteiger partial charge in [0.05, 0.1) is 18.7 Å². The van der Waals surface area contributed by atoms with Gasteiger partial charge >= 0.3 is 0 Å². The molecule has 15 heavy (non-hydrogen) atoms. The first-order valence-electron chi connectivity index (χ1n) is 5.04. The third-order valence-electron chi connectivity index (χ3n) is 2.64. The highest BCUT2D eigenvalue weighted by molar-refractivity contribution is 4.91. The number of nitrogens with zero attached hydrogens (tertiary/aromatic N) is 5. The van der Waals surface area contributed by atoms with Crippen molar-refractivity contribution in [2.75, 3.05) is 13.1 Å². The molecule has 0 fully saturated rings. The molecule has 1 aromatic rings. The number of aromatic nitrogens is 3. The standard InChI is InChI=1S/C9H14N6/c10-5-8(11)1-2-14-3-4-15-7-12-13-9(15)6-14/h7-8H,1-4,6,11H2. The van der Waals surface area contributed by atoms with Crippen LogP contribution >= 0.6 is 0 Å². The van der Waals surface area contributed by atoms with Gasteiger partial charge in [-0.05, 0) is 6.42 Å². The number of nitrogens with two attached hydrogens (primary N) is 1. The minimum atomic E-state index is -0.357. The van der Waals surface area contributed by atoms with E-state index in [2.05, 4.69) is 19.7 Å². The Bertz CT molecular complexity index is 365. The quantitative estimate of drug-likeness (QED) is 0.709. The third kappa shape index (κ3) is 2.32. The molecule has 0 saturated heterocycles. The maximum absolute atomic E-state index is 8.57. The molecule has 1 aliphatic rings. The molecular formula is C9H14N6. The highest BCUT2D eigenvalue weighted by atomic mass is 15.3. The molecule has 0 aromatic carbocycles. The van der Waals surface area contributed by atoms with E-state index in [4.69, 9.17) is 11.0 Å². The molecule has 0 amide bonds. The second-order valence-electron chi connectivity index (χ2n) is 3.74. The molecule has 1 aliphatic heterocycles. The van der Waals surface area contributed by atoms with Crippen LogP contribution in [-0.2, 0) is 13.1 Å². The SMILES string of the molecule is N#CC(N)CCN1CCn2cnnc2C1. The fraction of sp³-hybridized carbons (Fsp3) is 0.667.